The Morgan fingerprint density at radius 3 is 2.52 bits per heavy atom. The molecule has 1 aliphatic rings. The molecule has 3 N–H and O–H groups in total. The summed E-state index contributed by atoms with van der Waals surface area (Å²) >= 11 is 0. The minimum absolute atomic E-state index is 0.109. The lowest BCUT2D eigenvalue weighted by Gasteiger charge is -2.29. The molecule has 0 atom stereocenters. The second-order valence-corrected chi connectivity index (χ2v) is 8.06. The van der Waals surface area contributed by atoms with Gasteiger partial charge in [-0.25, -0.2) is 8.42 Å². The second kappa shape index (κ2) is 6.46. The van der Waals surface area contributed by atoms with Crippen LogP contribution in [0.15, 0.2) is 4.90 Å². The number of hydrogen-bond donors (Lipinski definition) is 2. The monoisotopic (exact) mass is 314 g/mol. The maximum absolute atomic E-state index is 13.1. The predicted octanol–water partition coefficient (Wildman–Crippen LogP) is 1.77. The maximum Gasteiger partial charge on any atom is 0.247 e. The molecule has 0 amide bonds. The molecule has 21 heavy (non-hydrogen) atoms. The molecule has 0 bridgehead atoms. The topological polar surface area (TPSA) is 92.1 Å². The minimum Gasteiger partial charge on any atom is -0.325 e. The van der Waals surface area contributed by atoms with Gasteiger partial charge >= 0.3 is 0 Å². The Kier molecular flexibility index (Phi) is 5.06. The van der Waals surface area contributed by atoms with Gasteiger partial charge in [0, 0.05) is 19.1 Å². The van der Waals surface area contributed by atoms with E-state index in [1.54, 1.807) is 11.2 Å². The van der Waals surface area contributed by atoms with Crippen LogP contribution in [-0.4, -0.2) is 35.5 Å². The zero-order valence-corrected chi connectivity index (χ0v) is 13.9. The van der Waals surface area contributed by atoms with Crippen LogP contribution in [0.3, 0.4) is 0 Å². The van der Waals surface area contributed by atoms with Crippen LogP contribution >= 0.6 is 0 Å². The standard InChI is InChI=1S/C14H26N4O2S/c1-10(2)9-18(12-6-4-5-7-12)21(19,20)14-11(3)16-17-13(14)8-15/h10,12H,4-9,15H2,1-3H3,(H,16,17). The molecular formula is C14H26N4O2S. The summed E-state index contributed by atoms with van der Waals surface area (Å²) in [5, 5.41) is 6.79. The highest BCUT2D eigenvalue weighted by Crippen LogP contribution is 2.31. The minimum atomic E-state index is -3.55. The van der Waals surface area contributed by atoms with E-state index < -0.39 is 10.0 Å². The van der Waals surface area contributed by atoms with Crippen LogP contribution < -0.4 is 5.73 Å². The normalized spacial score (nSPS) is 17.2. The van der Waals surface area contributed by atoms with Crippen LogP contribution in [0.2, 0.25) is 0 Å². The van der Waals surface area contributed by atoms with Gasteiger partial charge in [0.25, 0.3) is 0 Å². The van der Waals surface area contributed by atoms with E-state index in [1.807, 2.05) is 13.8 Å². The number of H-pyrrole nitrogens is 1. The number of aromatic nitrogens is 2. The Bertz CT molecular complexity index is 574. The molecule has 120 valence electrons. The summed E-state index contributed by atoms with van der Waals surface area (Å²) in [5.74, 6) is 0.286. The van der Waals surface area contributed by atoms with E-state index in [-0.39, 0.29) is 23.4 Å². The summed E-state index contributed by atoms with van der Waals surface area (Å²) in [6.45, 7) is 6.50. The van der Waals surface area contributed by atoms with Crippen molar-refractivity contribution in [2.75, 3.05) is 6.54 Å². The van der Waals surface area contributed by atoms with Gasteiger partial charge in [-0.3, -0.25) is 5.10 Å². The summed E-state index contributed by atoms with van der Waals surface area (Å²) in [7, 11) is -3.55. The molecule has 0 spiro atoms. The van der Waals surface area contributed by atoms with Crippen molar-refractivity contribution >= 4 is 10.0 Å². The fraction of sp³-hybridized carbons (Fsp3) is 0.786. The highest BCUT2D eigenvalue weighted by atomic mass is 32.2. The SMILES string of the molecule is Cc1[nH]nc(CN)c1S(=O)(=O)N(CC(C)C)C1CCCC1. The molecule has 1 aliphatic carbocycles. The van der Waals surface area contributed by atoms with Crippen molar-refractivity contribution in [3.8, 4) is 0 Å². The van der Waals surface area contributed by atoms with Crippen molar-refractivity contribution < 1.29 is 8.42 Å². The quantitative estimate of drug-likeness (QED) is 0.837. The molecule has 1 aromatic heterocycles. The largest absolute Gasteiger partial charge is 0.325 e. The molecule has 0 radical (unpaired) electrons. The first-order valence-electron chi connectivity index (χ1n) is 7.63. The van der Waals surface area contributed by atoms with Crippen LogP contribution in [0.5, 0.6) is 0 Å². The van der Waals surface area contributed by atoms with E-state index in [9.17, 15) is 8.42 Å². The van der Waals surface area contributed by atoms with Gasteiger partial charge in [0.05, 0.1) is 11.4 Å². The summed E-state index contributed by atoms with van der Waals surface area (Å²) < 4.78 is 27.9. The van der Waals surface area contributed by atoms with Crippen molar-refractivity contribution in [1.82, 2.24) is 14.5 Å². The Morgan fingerprint density at radius 1 is 1.38 bits per heavy atom. The predicted molar refractivity (Wildman–Crippen MR) is 82.2 cm³/mol. The smallest absolute Gasteiger partial charge is 0.247 e. The average molecular weight is 314 g/mol. The van der Waals surface area contributed by atoms with Crippen molar-refractivity contribution in [2.45, 2.75) is 63.9 Å². The van der Waals surface area contributed by atoms with E-state index in [2.05, 4.69) is 10.2 Å². The van der Waals surface area contributed by atoms with Gasteiger partial charge in [0.2, 0.25) is 10.0 Å². The number of nitrogens with zero attached hydrogens (tertiary/aromatic N) is 2. The van der Waals surface area contributed by atoms with Gasteiger partial charge in [-0.1, -0.05) is 26.7 Å². The highest BCUT2D eigenvalue weighted by molar-refractivity contribution is 7.89. The number of nitrogens with one attached hydrogen (secondary N) is 1. The lowest BCUT2D eigenvalue weighted by molar-refractivity contribution is 0.292. The Labute approximate surface area is 127 Å². The molecule has 1 aromatic rings. The van der Waals surface area contributed by atoms with Gasteiger partial charge in [0.1, 0.15) is 4.90 Å². The van der Waals surface area contributed by atoms with E-state index >= 15 is 0 Å². The lowest BCUT2D eigenvalue weighted by atomic mass is 10.2. The number of sulfonamides is 1. The molecule has 0 saturated heterocycles. The fourth-order valence-electron chi connectivity index (χ4n) is 3.06. The summed E-state index contributed by atoms with van der Waals surface area (Å²) in [5.41, 5.74) is 6.65. The number of hydrogen-bond acceptors (Lipinski definition) is 4. The fourth-order valence-corrected chi connectivity index (χ4v) is 5.25. The van der Waals surface area contributed by atoms with Gasteiger partial charge < -0.3 is 5.73 Å². The molecule has 1 saturated carbocycles. The second-order valence-electron chi connectivity index (χ2n) is 6.24. The van der Waals surface area contributed by atoms with E-state index in [4.69, 9.17) is 5.73 Å². The van der Waals surface area contributed by atoms with Crippen molar-refractivity contribution in [2.24, 2.45) is 11.7 Å². The van der Waals surface area contributed by atoms with Gasteiger partial charge in [-0.05, 0) is 25.7 Å². The number of rotatable bonds is 6. The molecule has 1 heterocycles. The van der Waals surface area contributed by atoms with Gasteiger partial charge in [-0.15, -0.1) is 0 Å². The van der Waals surface area contributed by atoms with Crippen molar-refractivity contribution in [1.29, 1.82) is 0 Å². The van der Waals surface area contributed by atoms with Crippen molar-refractivity contribution in [3.05, 3.63) is 11.4 Å². The number of aryl methyl sites for hydroxylation is 1. The first-order valence-corrected chi connectivity index (χ1v) is 9.07. The molecular weight excluding hydrogens is 288 g/mol. The van der Waals surface area contributed by atoms with Crippen molar-refractivity contribution in [3.63, 3.8) is 0 Å². The summed E-state index contributed by atoms with van der Waals surface area (Å²) in [6.07, 6.45) is 4.09. The molecule has 7 heteroatoms. The van der Waals surface area contributed by atoms with Crippen LogP contribution in [0.4, 0.5) is 0 Å². The summed E-state index contributed by atoms with van der Waals surface area (Å²) in [6, 6.07) is 0.109. The van der Waals surface area contributed by atoms with Gasteiger partial charge in [-0.2, -0.15) is 9.40 Å². The number of nitrogens with two attached hydrogens (primary N) is 1. The first kappa shape index (κ1) is 16.5. The Hall–Kier alpha value is -0.920. The van der Waals surface area contributed by atoms with Crippen LogP contribution in [0.25, 0.3) is 0 Å². The van der Waals surface area contributed by atoms with Crippen LogP contribution in [0, 0.1) is 12.8 Å². The van der Waals surface area contributed by atoms with Crippen LogP contribution in [0.1, 0.15) is 50.9 Å². The Morgan fingerprint density at radius 2 is 2.00 bits per heavy atom. The van der Waals surface area contributed by atoms with E-state index in [1.165, 1.54) is 0 Å². The first-order chi connectivity index (χ1) is 9.87. The molecule has 0 aliphatic heterocycles. The third-order valence-electron chi connectivity index (χ3n) is 4.00. The van der Waals surface area contributed by atoms with E-state index in [0.717, 1.165) is 25.7 Å². The molecule has 6 nitrogen and oxygen atoms in total. The number of aromatic amines is 1. The van der Waals surface area contributed by atoms with Gasteiger partial charge in [0.15, 0.2) is 0 Å². The third-order valence-corrected chi connectivity index (χ3v) is 6.12. The van der Waals surface area contributed by atoms with E-state index in [0.29, 0.717) is 17.9 Å². The lowest BCUT2D eigenvalue weighted by Crippen LogP contribution is -2.41. The molecule has 1 fully saturated rings. The molecule has 0 aromatic carbocycles. The van der Waals surface area contributed by atoms with Crippen LogP contribution in [-0.2, 0) is 16.6 Å². The Balaban J connectivity index is 2.43. The third kappa shape index (κ3) is 3.30. The highest BCUT2D eigenvalue weighted by Gasteiger charge is 2.36. The summed E-state index contributed by atoms with van der Waals surface area (Å²) in [4.78, 5) is 0.276. The zero-order valence-electron chi connectivity index (χ0n) is 13.1. The zero-order chi connectivity index (χ0) is 15.6. The average Bonchev–Trinajstić information content (AvgIpc) is 3.04. The maximum atomic E-state index is 13.1. The molecule has 2 rings (SSSR count). The molecule has 0 unspecified atom stereocenters.